The number of ether oxygens (including phenoxy) is 2. The zero-order chi connectivity index (χ0) is 35.1. The van der Waals surface area contributed by atoms with Crippen LogP contribution in [0.2, 0.25) is 5.02 Å². The van der Waals surface area contributed by atoms with E-state index >= 15 is 0 Å². The molecule has 1 aromatic carbocycles. The minimum Gasteiger partial charge on any atom is -0.462 e. The topological polar surface area (TPSA) is 107 Å². The first kappa shape index (κ1) is 35.9. The van der Waals surface area contributed by atoms with Gasteiger partial charge in [0.2, 0.25) is 5.91 Å². The third-order valence-electron chi connectivity index (χ3n) is 13.6. The summed E-state index contributed by atoms with van der Waals surface area (Å²) in [5, 5.41) is 8.62. The number of nitrogens with one attached hydrogen (secondary N) is 2. The number of halogens is 1. The summed E-state index contributed by atoms with van der Waals surface area (Å²) in [7, 11) is 0. The van der Waals surface area contributed by atoms with Crippen LogP contribution >= 0.6 is 11.6 Å². The number of carbonyl (C=O) groups excluding carboxylic acids is 3. The van der Waals surface area contributed by atoms with Crippen LogP contribution in [0.3, 0.4) is 0 Å². The molecule has 0 aliphatic heterocycles. The fraction of sp³-hybridized carbons (Fsp3) is 0.700. The third-order valence-corrected chi connectivity index (χ3v) is 13.8. The summed E-state index contributed by atoms with van der Waals surface area (Å²) < 4.78 is 12.7. The molecule has 6 rings (SSSR count). The van der Waals surface area contributed by atoms with E-state index in [0.29, 0.717) is 35.7 Å². The number of esters is 2. The molecule has 0 radical (unpaired) electrons. The zero-order valence-electron chi connectivity index (χ0n) is 30.2. The van der Waals surface area contributed by atoms with Gasteiger partial charge in [-0.05, 0) is 117 Å². The molecule has 0 saturated heterocycles. The van der Waals surface area contributed by atoms with Crippen LogP contribution in [0.25, 0.3) is 10.9 Å². The SMILES string of the molecule is CCCNC(=O)CC[C@@H](C)[C@H]1CC[C@H]2[C@@H]3[C@H](OC(C)=O)C[C@@H]4C[C@H](Nc5ccnc6cc(Cl)ccc56)CC[C@]4(C)[C@H]3C[C@H](OC(C)=O)[C@]12C. The van der Waals surface area contributed by atoms with E-state index in [-0.39, 0.29) is 64.7 Å². The summed E-state index contributed by atoms with van der Waals surface area (Å²) in [6.07, 6.45) is 10.5. The molecule has 0 unspecified atom stereocenters. The average Bonchev–Trinajstić information content (AvgIpc) is 3.41. The molecule has 11 atom stereocenters. The molecule has 0 spiro atoms. The molecule has 2 N–H and O–H groups in total. The summed E-state index contributed by atoms with van der Waals surface area (Å²) >= 11 is 6.27. The molecule has 4 aliphatic carbocycles. The highest BCUT2D eigenvalue weighted by Crippen LogP contribution is 2.69. The standard InChI is InChI=1S/C40H56ClN3O5/c1-7-17-43-37(47)13-8-23(2)30-11-12-31-38-32(22-36(40(30,31)6)49-25(4)46)39(5)16-14-28(19-26(39)20-35(38)48-24(3)45)44-33-15-18-42-34-21-27(41)9-10-29(33)34/h9-10,15,18,21,23,26,28,30-32,35-36,38H,7-8,11-14,16-17,19-20,22H2,1-6H3,(H,42,44)(H,43,47)/t23-,26+,28-,30-,31+,32+,35-,36+,38+,39+,40-/m1/s1. The average molecular weight is 694 g/mol. The molecule has 1 heterocycles. The zero-order valence-corrected chi connectivity index (χ0v) is 31.0. The van der Waals surface area contributed by atoms with E-state index in [4.69, 9.17) is 21.1 Å². The van der Waals surface area contributed by atoms with Gasteiger partial charge < -0.3 is 20.1 Å². The minimum atomic E-state index is -0.252. The Hall–Kier alpha value is -2.87. The van der Waals surface area contributed by atoms with Crippen LogP contribution in [0.15, 0.2) is 30.5 Å². The number of nitrogens with zero attached hydrogens (tertiary/aromatic N) is 1. The smallest absolute Gasteiger partial charge is 0.302 e. The summed E-state index contributed by atoms with van der Waals surface area (Å²) in [6.45, 7) is 12.9. The quantitative estimate of drug-likeness (QED) is 0.241. The highest BCUT2D eigenvalue weighted by molar-refractivity contribution is 6.31. The lowest BCUT2D eigenvalue weighted by molar-refractivity contribution is -0.220. The van der Waals surface area contributed by atoms with Crippen molar-refractivity contribution < 1.29 is 23.9 Å². The van der Waals surface area contributed by atoms with E-state index in [1.54, 1.807) is 6.92 Å². The van der Waals surface area contributed by atoms with Gasteiger partial charge in [0.25, 0.3) is 0 Å². The lowest BCUT2D eigenvalue weighted by atomic mass is 9.43. The summed E-state index contributed by atoms with van der Waals surface area (Å²) in [6, 6.07) is 8.17. The second-order valence-electron chi connectivity index (χ2n) is 16.3. The summed E-state index contributed by atoms with van der Waals surface area (Å²) in [5.41, 5.74) is 1.73. The molecule has 1 aromatic heterocycles. The van der Waals surface area contributed by atoms with Crippen molar-refractivity contribution in [2.75, 3.05) is 11.9 Å². The van der Waals surface area contributed by atoms with E-state index in [9.17, 15) is 14.4 Å². The predicted molar refractivity (Wildman–Crippen MR) is 193 cm³/mol. The Morgan fingerprint density at radius 3 is 2.53 bits per heavy atom. The monoisotopic (exact) mass is 693 g/mol. The lowest BCUT2D eigenvalue weighted by Crippen LogP contribution is -2.63. The molecule has 9 heteroatoms. The van der Waals surface area contributed by atoms with E-state index in [2.05, 4.69) is 43.3 Å². The van der Waals surface area contributed by atoms with Crippen molar-refractivity contribution >= 4 is 46.0 Å². The predicted octanol–water partition coefficient (Wildman–Crippen LogP) is 8.35. The van der Waals surface area contributed by atoms with Crippen LogP contribution in [0.1, 0.15) is 106 Å². The lowest BCUT2D eigenvalue weighted by Gasteiger charge is -2.64. The van der Waals surface area contributed by atoms with Crippen molar-refractivity contribution in [2.24, 2.45) is 46.3 Å². The number of rotatable bonds is 10. The van der Waals surface area contributed by atoms with Crippen LogP contribution in [0.4, 0.5) is 5.69 Å². The second-order valence-corrected chi connectivity index (χ2v) is 16.7. The maximum Gasteiger partial charge on any atom is 0.302 e. The van der Waals surface area contributed by atoms with Crippen LogP contribution in [-0.4, -0.2) is 47.6 Å². The van der Waals surface area contributed by atoms with Gasteiger partial charge in [0.05, 0.1) is 5.52 Å². The maximum absolute atomic E-state index is 12.7. The van der Waals surface area contributed by atoms with Crippen molar-refractivity contribution in [3.8, 4) is 0 Å². The number of pyridine rings is 1. The van der Waals surface area contributed by atoms with Gasteiger partial charge in [-0.3, -0.25) is 19.4 Å². The first-order chi connectivity index (χ1) is 23.3. The summed E-state index contributed by atoms with van der Waals surface area (Å²) in [4.78, 5) is 42.5. The number of benzene rings is 1. The van der Waals surface area contributed by atoms with E-state index in [0.717, 1.165) is 74.4 Å². The van der Waals surface area contributed by atoms with Gasteiger partial charge in [0.15, 0.2) is 0 Å². The molecule has 268 valence electrons. The Bertz CT molecular complexity index is 1550. The number of amides is 1. The molecule has 4 saturated carbocycles. The fourth-order valence-corrected chi connectivity index (χ4v) is 11.5. The van der Waals surface area contributed by atoms with Gasteiger partial charge >= 0.3 is 11.9 Å². The summed E-state index contributed by atoms with van der Waals surface area (Å²) in [5.74, 6) is 1.40. The molecule has 8 nitrogen and oxygen atoms in total. The highest BCUT2D eigenvalue weighted by Gasteiger charge is 2.67. The number of carbonyl (C=O) groups is 3. The highest BCUT2D eigenvalue weighted by atomic mass is 35.5. The van der Waals surface area contributed by atoms with E-state index in [1.807, 2.05) is 30.5 Å². The van der Waals surface area contributed by atoms with Crippen molar-refractivity contribution in [2.45, 2.75) is 124 Å². The van der Waals surface area contributed by atoms with Crippen molar-refractivity contribution in [1.82, 2.24) is 10.3 Å². The van der Waals surface area contributed by atoms with Crippen LogP contribution < -0.4 is 10.6 Å². The van der Waals surface area contributed by atoms with Gasteiger partial charge in [-0.1, -0.05) is 39.3 Å². The van der Waals surface area contributed by atoms with Gasteiger partial charge in [-0.25, -0.2) is 0 Å². The Kier molecular flexibility index (Phi) is 10.6. The fourth-order valence-electron chi connectivity index (χ4n) is 11.3. The van der Waals surface area contributed by atoms with Gasteiger partial charge in [-0.2, -0.15) is 0 Å². The molecule has 4 aliphatic rings. The van der Waals surface area contributed by atoms with E-state index in [1.165, 1.54) is 6.92 Å². The molecule has 0 bridgehead atoms. The molecule has 4 fully saturated rings. The maximum atomic E-state index is 12.7. The molecular weight excluding hydrogens is 638 g/mol. The number of fused-ring (bicyclic) bond motifs is 6. The van der Waals surface area contributed by atoms with Crippen LogP contribution in [-0.2, 0) is 23.9 Å². The molecular formula is C40H56ClN3O5. The number of anilines is 1. The Morgan fingerprint density at radius 1 is 1.02 bits per heavy atom. The third kappa shape index (κ3) is 6.92. The number of hydrogen-bond acceptors (Lipinski definition) is 7. The second kappa shape index (κ2) is 14.4. The minimum absolute atomic E-state index is 0.0358. The Labute approximate surface area is 297 Å². The van der Waals surface area contributed by atoms with Gasteiger partial charge in [0.1, 0.15) is 12.2 Å². The molecule has 49 heavy (non-hydrogen) atoms. The number of aromatic nitrogens is 1. The molecule has 1 amide bonds. The first-order valence-corrected chi connectivity index (χ1v) is 19.1. The van der Waals surface area contributed by atoms with Gasteiger partial charge in [0, 0.05) is 66.5 Å². The molecule has 2 aromatic rings. The van der Waals surface area contributed by atoms with E-state index < -0.39 is 0 Å². The normalized spacial score (nSPS) is 35.7. The number of hydrogen-bond donors (Lipinski definition) is 2. The van der Waals surface area contributed by atoms with Crippen LogP contribution in [0, 0.1) is 46.3 Å². The Balaban J connectivity index is 1.27. The van der Waals surface area contributed by atoms with Crippen molar-refractivity contribution in [3.05, 3.63) is 35.5 Å². The van der Waals surface area contributed by atoms with Gasteiger partial charge in [-0.15, -0.1) is 0 Å². The van der Waals surface area contributed by atoms with Crippen molar-refractivity contribution in [3.63, 3.8) is 0 Å². The first-order valence-electron chi connectivity index (χ1n) is 18.8. The van der Waals surface area contributed by atoms with Crippen LogP contribution in [0.5, 0.6) is 0 Å². The largest absolute Gasteiger partial charge is 0.462 e. The van der Waals surface area contributed by atoms with Crippen molar-refractivity contribution in [1.29, 1.82) is 0 Å². The Morgan fingerprint density at radius 2 is 1.80 bits per heavy atom.